The standard InChI is InChI=1S/C12H28N2O2S/c1-5-7-13-8-6-9-17(15,16)14-10-12(4)11(2)3/h11-14H,5-10H2,1-4H3. The summed E-state index contributed by atoms with van der Waals surface area (Å²) in [6.07, 6.45) is 1.75. The van der Waals surface area contributed by atoms with Crippen LogP contribution in [0.3, 0.4) is 0 Å². The van der Waals surface area contributed by atoms with E-state index in [4.69, 9.17) is 0 Å². The van der Waals surface area contributed by atoms with Crippen LogP contribution in [0.5, 0.6) is 0 Å². The van der Waals surface area contributed by atoms with Gasteiger partial charge in [0, 0.05) is 6.54 Å². The third-order valence-corrected chi connectivity index (χ3v) is 4.39. The van der Waals surface area contributed by atoms with Crippen LogP contribution in [-0.2, 0) is 10.0 Å². The highest BCUT2D eigenvalue weighted by atomic mass is 32.2. The minimum Gasteiger partial charge on any atom is -0.317 e. The normalized spacial score (nSPS) is 14.2. The molecule has 104 valence electrons. The van der Waals surface area contributed by atoms with Crippen molar-refractivity contribution in [2.75, 3.05) is 25.4 Å². The molecule has 1 atom stereocenters. The molecular weight excluding hydrogens is 236 g/mol. The Morgan fingerprint density at radius 3 is 2.29 bits per heavy atom. The summed E-state index contributed by atoms with van der Waals surface area (Å²) in [6.45, 7) is 10.6. The van der Waals surface area contributed by atoms with Crippen LogP contribution in [0.25, 0.3) is 0 Å². The Bertz CT molecular complexity index is 276. The van der Waals surface area contributed by atoms with E-state index in [0.29, 0.717) is 24.8 Å². The van der Waals surface area contributed by atoms with Crippen molar-refractivity contribution in [2.24, 2.45) is 11.8 Å². The van der Waals surface area contributed by atoms with Crippen molar-refractivity contribution >= 4 is 10.0 Å². The molecule has 0 radical (unpaired) electrons. The van der Waals surface area contributed by atoms with Crippen LogP contribution in [0.1, 0.15) is 40.5 Å². The number of hydrogen-bond acceptors (Lipinski definition) is 3. The second-order valence-electron chi connectivity index (χ2n) is 4.99. The van der Waals surface area contributed by atoms with Crippen LogP contribution in [0.4, 0.5) is 0 Å². The molecule has 1 unspecified atom stereocenters. The van der Waals surface area contributed by atoms with Crippen molar-refractivity contribution in [2.45, 2.75) is 40.5 Å². The fourth-order valence-electron chi connectivity index (χ4n) is 1.26. The quantitative estimate of drug-likeness (QED) is 0.589. The zero-order chi connectivity index (χ0) is 13.3. The second-order valence-corrected chi connectivity index (χ2v) is 6.92. The first-order chi connectivity index (χ1) is 7.89. The van der Waals surface area contributed by atoms with E-state index in [0.717, 1.165) is 19.5 Å². The van der Waals surface area contributed by atoms with Gasteiger partial charge in [-0.3, -0.25) is 0 Å². The van der Waals surface area contributed by atoms with E-state index >= 15 is 0 Å². The van der Waals surface area contributed by atoms with Crippen molar-refractivity contribution in [1.29, 1.82) is 0 Å². The molecule has 4 nitrogen and oxygen atoms in total. The lowest BCUT2D eigenvalue weighted by Gasteiger charge is -2.16. The molecule has 0 bridgehead atoms. The minimum absolute atomic E-state index is 0.217. The molecule has 0 rings (SSSR count). The fourth-order valence-corrected chi connectivity index (χ4v) is 2.44. The molecular formula is C12H28N2O2S. The van der Waals surface area contributed by atoms with Crippen LogP contribution >= 0.6 is 0 Å². The predicted octanol–water partition coefficient (Wildman–Crippen LogP) is 1.59. The van der Waals surface area contributed by atoms with E-state index in [9.17, 15) is 8.42 Å². The van der Waals surface area contributed by atoms with Crippen LogP contribution in [0.2, 0.25) is 0 Å². The van der Waals surface area contributed by atoms with E-state index in [1.54, 1.807) is 0 Å². The summed E-state index contributed by atoms with van der Waals surface area (Å²) in [5, 5.41) is 3.20. The Kier molecular flexibility index (Phi) is 8.82. The Balaban J connectivity index is 3.73. The van der Waals surface area contributed by atoms with E-state index < -0.39 is 10.0 Å². The molecule has 5 heteroatoms. The molecule has 0 aromatic rings. The molecule has 0 amide bonds. The average Bonchev–Trinajstić information content (AvgIpc) is 2.25. The molecule has 0 aliphatic heterocycles. The Morgan fingerprint density at radius 1 is 1.12 bits per heavy atom. The summed E-state index contributed by atoms with van der Waals surface area (Å²) >= 11 is 0. The summed E-state index contributed by atoms with van der Waals surface area (Å²) in [6, 6.07) is 0. The maximum absolute atomic E-state index is 11.7. The Labute approximate surface area is 107 Å². The monoisotopic (exact) mass is 264 g/mol. The zero-order valence-electron chi connectivity index (χ0n) is 11.6. The predicted molar refractivity (Wildman–Crippen MR) is 73.6 cm³/mol. The Hall–Kier alpha value is -0.130. The minimum atomic E-state index is -3.09. The third kappa shape index (κ3) is 9.56. The zero-order valence-corrected chi connectivity index (χ0v) is 12.4. The molecule has 17 heavy (non-hydrogen) atoms. The molecule has 0 fully saturated rings. The molecule has 0 heterocycles. The van der Waals surface area contributed by atoms with Gasteiger partial charge in [0.15, 0.2) is 0 Å². The Morgan fingerprint density at radius 2 is 1.76 bits per heavy atom. The van der Waals surface area contributed by atoms with Gasteiger partial charge in [-0.1, -0.05) is 27.7 Å². The smallest absolute Gasteiger partial charge is 0.211 e. The van der Waals surface area contributed by atoms with E-state index in [1.807, 2.05) is 0 Å². The third-order valence-electron chi connectivity index (χ3n) is 2.96. The maximum Gasteiger partial charge on any atom is 0.211 e. The lowest BCUT2D eigenvalue weighted by Crippen LogP contribution is -2.33. The van der Waals surface area contributed by atoms with Gasteiger partial charge in [-0.2, -0.15) is 0 Å². The molecule has 0 saturated heterocycles. The van der Waals surface area contributed by atoms with Crippen LogP contribution in [-0.4, -0.2) is 33.8 Å². The van der Waals surface area contributed by atoms with Crippen molar-refractivity contribution < 1.29 is 8.42 Å². The van der Waals surface area contributed by atoms with Gasteiger partial charge >= 0.3 is 0 Å². The lowest BCUT2D eigenvalue weighted by molar-refractivity contribution is 0.414. The molecule has 0 saturated carbocycles. The number of sulfonamides is 1. The van der Waals surface area contributed by atoms with E-state index in [1.165, 1.54) is 0 Å². The molecule has 0 aromatic carbocycles. The molecule has 0 aliphatic carbocycles. The summed E-state index contributed by atoms with van der Waals surface area (Å²) in [5.41, 5.74) is 0. The number of hydrogen-bond donors (Lipinski definition) is 2. The highest BCUT2D eigenvalue weighted by Gasteiger charge is 2.13. The SMILES string of the molecule is CCCNCCCS(=O)(=O)NCC(C)C(C)C. The maximum atomic E-state index is 11.7. The highest BCUT2D eigenvalue weighted by Crippen LogP contribution is 2.08. The van der Waals surface area contributed by atoms with Gasteiger partial charge in [-0.05, 0) is 37.8 Å². The largest absolute Gasteiger partial charge is 0.317 e. The van der Waals surface area contributed by atoms with Crippen LogP contribution < -0.4 is 10.0 Å². The van der Waals surface area contributed by atoms with Gasteiger partial charge in [0.2, 0.25) is 10.0 Å². The first-order valence-electron chi connectivity index (χ1n) is 6.57. The van der Waals surface area contributed by atoms with Gasteiger partial charge in [0.05, 0.1) is 5.75 Å². The molecule has 0 spiro atoms. The van der Waals surface area contributed by atoms with Crippen molar-refractivity contribution in [3.63, 3.8) is 0 Å². The summed E-state index contributed by atoms with van der Waals surface area (Å²) < 4.78 is 26.0. The van der Waals surface area contributed by atoms with Gasteiger partial charge in [0.1, 0.15) is 0 Å². The van der Waals surface area contributed by atoms with Gasteiger partial charge in [-0.15, -0.1) is 0 Å². The molecule has 2 N–H and O–H groups in total. The van der Waals surface area contributed by atoms with E-state index in [2.05, 4.69) is 37.7 Å². The van der Waals surface area contributed by atoms with Crippen molar-refractivity contribution in [3.8, 4) is 0 Å². The molecule has 0 aromatic heterocycles. The topological polar surface area (TPSA) is 58.2 Å². The van der Waals surface area contributed by atoms with E-state index in [-0.39, 0.29) is 5.75 Å². The highest BCUT2D eigenvalue weighted by molar-refractivity contribution is 7.89. The number of rotatable bonds is 10. The van der Waals surface area contributed by atoms with Crippen molar-refractivity contribution in [1.82, 2.24) is 10.0 Å². The first kappa shape index (κ1) is 16.9. The number of nitrogens with one attached hydrogen (secondary N) is 2. The van der Waals surface area contributed by atoms with Gasteiger partial charge < -0.3 is 5.32 Å². The molecule has 0 aliphatic rings. The second kappa shape index (κ2) is 8.89. The van der Waals surface area contributed by atoms with Crippen molar-refractivity contribution in [3.05, 3.63) is 0 Å². The summed E-state index contributed by atoms with van der Waals surface area (Å²) in [5.74, 6) is 1.10. The first-order valence-corrected chi connectivity index (χ1v) is 8.22. The summed E-state index contributed by atoms with van der Waals surface area (Å²) in [7, 11) is -3.09. The van der Waals surface area contributed by atoms with Gasteiger partial charge in [0.25, 0.3) is 0 Å². The average molecular weight is 264 g/mol. The van der Waals surface area contributed by atoms with Gasteiger partial charge in [-0.25, -0.2) is 13.1 Å². The fraction of sp³-hybridized carbons (Fsp3) is 1.00. The van der Waals surface area contributed by atoms with Crippen LogP contribution in [0, 0.1) is 11.8 Å². The lowest BCUT2D eigenvalue weighted by atomic mass is 9.99. The van der Waals surface area contributed by atoms with Crippen LogP contribution in [0.15, 0.2) is 0 Å². The summed E-state index contributed by atoms with van der Waals surface area (Å²) in [4.78, 5) is 0.